The van der Waals surface area contributed by atoms with Crippen molar-refractivity contribution in [2.24, 2.45) is 5.92 Å². The normalized spacial score (nSPS) is 20.7. The van der Waals surface area contributed by atoms with Gasteiger partial charge in [-0.3, -0.25) is 4.79 Å². The lowest BCUT2D eigenvalue weighted by Gasteiger charge is -2.33. The molecule has 2 fully saturated rings. The highest BCUT2D eigenvalue weighted by atomic mass is 35.5. The third-order valence-electron chi connectivity index (χ3n) is 5.38. The Hall–Kier alpha value is -1.75. The molecule has 0 unspecified atom stereocenters. The molecular formula is C20H28ClN3O2. The van der Waals surface area contributed by atoms with Gasteiger partial charge in [0, 0.05) is 43.3 Å². The van der Waals surface area contributed by atoms with Gasteiger partial charge in [0.1, 0.15) is 0 Å². The molecule has 1 aromatic rings. The van der Waals surface area contributed by atoms with Gasteiger partial charge in [0.2, 0.25) is 5.91 Å². The van der Waals surface area contributed by atoms with Crippen molar-refractivity contribution in [2.45, 2.75) is 44.9 Å². The van der Waals surface area contributed by atoms with Crippen molar-refractivity contribution >= 4 is 29.2 Å². The fourth-order valence-corrected chi connectivity index (χ4v) is 3.98. The maximum Gasteiger partial charge on any atom is 0.321 e. The van der Waals surface area contributed by atoms with Crippen molar-refractivity contribution < 1.29 is 9.59 Å². The van der Waals surface area contributed by atoms with Gasteiger partial charge in [-0.15, -0.1) is 0 Å². The van der Waals surface area contributed by atoms with Crippen LogP contribution in [0.3, 0.4) is 0 Å². The number of nitrogens with one attached hydrogen (secondary N) is 1. The number of urea groups is 1. The summed E-state index contributed by atoms with van der Waals surface area (Å²) in [6.45, 7) is 3.33. The van der Waals surface area contributed by atoms with Crippen LogP contribution in [0.4, 0.5) is 10.5 Å². The van der Waals surface area contributed by atoms with Crippen LogP contribution >= 0.6 is 11.6 Å². The van der Waals surface area contributed by atoms with E-state index in [1.165, 1.54) is 6.42 Å². The van der Waals surface area contributed by atoms with E-state index in [4.69, 9.17) is 11.6 Å². The van der Waals surface area contributed by atoms with Crippen LogP contribution in [-0.2, 0) is 4.79 Å². The number of amides is 3. The van der Waals surface area contributed by atoms with E-state index in [1.54, 1.807) is 24.3 Å². The van der Waals surface area contributed by atoms with Crippen molar-refractivity contribution in [3.63, 3.8) is 0 Å². The van der Waals surface area contributed by atoms with Crippen molar-refractivity contribution in [1.82, 2.24) is 9.80 Å². The molecule has 2 heterocycles. The summed E-state index contributed by atoms with van der Waals surface area (Å²) in [5.41, 5.74) is 0.752. The minimum Gasteiger partial charge on any atom is -0.343 e. The molecule has 2 saturated heterocycles. The van der Waals surface area contributed by atoms with Crippen molar-refractivity contribution in [3.8, 4) is 0 Å². The van der Waals surface area contributed by atoms with Gasteiger partial charge in [-0.05, 0) is 68.7 Å². The summed E-state index contributed by atoms with van der Waals surface area (Å²) in [5.74, 6) is 0.695. The van der Waals surface area contributed by atoms with E-state index in [2.05, 4.69) is 5.32 Å². The monoisotopic (exact) mass is 377 g/mol. The predicted octanol–water partition coefficient (Wildman–Crippen LogP) is 4.38. The predicted molar refractivity (Wildman–Crippen MR) is 104 cm³/mol. The Kier molecular flexibility index (Phi) is 6.78. The Labute approximate surface area is 160 Å². The SMILES string of the molecule is O=C(CC[C@H]1CCCN(C(=O)Nc2ccc(Cl)cc2)C1)N1CCCCC1. The molecule has 3 amide bonds. The highest BCUT2D eigenvalue weighted by Gasteiger charge is 2.25. The Balaban J connectivity index is 1.45. The van der Waals surface area contributed by atoms with Crippen LogP contribution < -0.4 is 5.32 Å². The average molecular weight is 378 g/mol. The van der Waals surface area contributed by atoms with Gasteiger partial charge in [-0.25, -0.2) is 4.79 Å². The number of hydrogen-bond donors (Lipinski definition) is 1. The quantitative estimate of drug-likeness (QED) is 0.846. The second kappa shape index (κ2) is 9.26. The van der Waals surface area contributed by atoms with Crippen LogP contribution in [0.15, 0.2) is 24.3 Å². The number of carbonyl (C=O) groups is 2. The van der Waals surface area contributed by atoms with Gasteiger partial charge in [-0.2, -0.15) is 0 Å². The molecule has 0 radical (unpaired) electrons. The summed E-state index contributed by atoms with van der Waals surface area (Å²) in [5, 5.41) is 3.58. The summed E-state index contributed by atoms with van der Waals surface area (Å²) in [7, 11) is 0. The number of hydrogen-bond acceptors (Lipinski definition) is 2. The number of nitrogens with zero attached hydrogens (tertiary/aromatic N) is 2. The molecule has 1 atom stereocenters. The fourth-order valence-electron chi connectivity index (χ4n) is 3.85. The number of benzene rings is 1. The zero-order valence-corrected chi connectivity index (χ0v) is 16.0. The van der Waals surface area contributed by atoms with Crippen molar-refractivity contribution in [3.05, 3.63) is 29.3 Å². The van der Waals surface area contributed by atoms with E-state index in [0.29, 0.717) is 17.4 Å². The molecule has 142 valence electrons. The van der Waals surface area contributed by atoms with Gasteiger partial charge < -0.3 is 15.1 Å². The maximum atomic E-state index is 12.5. The first-order valence-corrected chi connectivity index (χ1v) is 10.1. The molecule has 0 saturated carbocycles. The average Bonchev–Trinajstić information content (AvgIpc) is 2.69. The molecule has 5 nitrogen and oxygen atoms in total. The van der Waals surface area contributed by atoms with Crippen LogP contribution in [0.1, 0.15) is 44.9 Å². The number of piperidine rings is 2. The van der Waals surface area contributed by atoms with E-state index in [0.717, 1.165) is 64.0 Å². The van der Waals surface area contributed by atoms with Crippen LogP contribution in [0.2, 0.25) is 5.02 Å². The summed E-state index contributed by atoms with van der Waals surface area (Å²) < 4.78 is 0. The van der Waals surface area contributed by atoms with E-state index in [-0.39, 0.29) is 11.9 Å². The number of anilines is 1. The minimum absolute atomic E-state index is 0.0700. The third kappa shape index (κ3) is 5.37. The second-order valence-electron chi connectivity index (χ2n) is 7.37. The molecule has 0 spiro atoms. The lowest BCUT2D eigenvalue weighted by atomic mass is 9.93. The van der Waals surface area contributed by atoms with Gasteiger partial charge >= 0.3 is 6.03 Å². The Morgan fingerprint density at radius 2 is 1.69 bits per heavy atom. The molecule has 0 aliphatic carbocycles. The summed E-state index contributed by atoms with van der Waals surface area (Å²) in [6.07, 6.45) is 7.08. The zero-order chi connectivity index (χ0) is 18.4. The third-order valence-corrected chi connectivity index (χ3v) is 5.63. The van der Waals surface area contributed by atoms with Crippen LogP contribution in [0.5, 0.6) is 0 Å². The first-order valence-electron chi connectivity index (χ1n) is 9.71. The molecule has 3 rings (SSSR count). The van der Waals surface area contributed by atoms with Gasteiger partial charge in [-0.1, -0.05) is 11.6 Å². The smallest absolute Gasteiger partial charge is 0.321 e. The summed E-state index contributed by atoms with van der Waals surface area (Å²) in [6, 6.07) is 7.07. The van der Waals surface area contributed by atoms with Crippen molar-refractivity contribution in [1.29, 1.82) is 0 Å². The number of halogens is 1. The molecule has 2 aliphatic rings. The summed E-state index contributed by atoms with van der Waals surface area (Å²) in [4.78, 5) is 28.7. The fraction of sp³-hybridized carbons (Fsp3) is 0.600. The number of carbonyl (C=O) groups excluding carboxylic acids is 2. The zero-order valence-electron chi connectivity index (χ0n) is 15.3. The largest absolute Gasteiger partial charge is 0.343 e. The first-order chi connectivity index (χ1) is 12.6. The Morgan fingerprint density at radius 1 is 1.00 bits per heavy atom. The topological polar surface area (TPSA) is 52.7 Å². The van der Waals surface area contributed by atoms with Crippen LogP contribution in [0, 0.1) is 5.92 Å². The molecule has 0 aromatic heterocycles. The lowest BCUT2D eigenvalue weighted by molar-refractivity contribution is -0.132. The highest BCUT2D eigenvalue weighted by molar-refractivity contribution is 6.30. The molecule has 2 aliphatic heterocycles. The number of likely N-dealkylation sites (tertiary alicyclic amines) is 2. The molecule has 26 heavy (non-hydrogen) atoms. The molecular weight excluding hydrogens is 350 g/mol. The van der Waals surface area contributed by atoms with Crippen LogP contribution in [0.25, 0.3) is 0 Å². The Morgan fingerprint density at radius 3 is 2.42 bits per heavy atom. The standard InChI is InChI=1S/C20H28ClN3O2/c21-17-7-9-18(10-8-17)22-20(26)24-14-4-5-16(15-24)6-11-19(25)23-12-2-1-3-13-23/h7-10,16H,1-6,11-15H2,(H,22,26)/t16-/m1/s1. The van der Waals surface area contributed by atoms with Crippen molar-refractivity contribution in [2.75, 3.05) is 31.5 Å². The molecule has 0 bridgehead atoms. The second-order valence-corrected chi connectivity index (χ2v) is 7.81. The molecule has 1 aromatic carbocycles. The van der Waals surface area contributed by atoms with Crippen LogP contribution in [-0.4, -0.2) is 47.9 Å². The highest BCUT2D eigenvalue weighted by Crippen LogP contribution is 2.23. The van der Waals surface area contributed by atoms with Gasteiger partial charge in [0.25, 0.3) is 0 Å². The van der Waals surface area contributed by atoms with E-state index < -0.39 is 0 Å². The van der Waals surface area contributed by atoms with E-state index >= 15 is 0 Å². The van der Waals surface area contributed by atoms with E-state index in [9.17, 15) is 9.59 Å². The van der Waals surface area contributed by atoms with Gasteiger partial charge in [0.05, 0.1) is 0 Å². The summed E-state index contributed by atoms with van der Waals surface area (Å²) >= 11 is 5.88. The number of rotatable bonds is 4. The van der Waals surface area contributed by atoms with Gasteiger partial charge in [0.15, 0.2) is 0 Å². The minimum atomic E-state index is -0.0700. The molecule has 1 N–H and O–H groups in total. The molecule has 6 heteroatoms. The lowest BCUT2D eigenvalue weighted by Crippen LogP contribution is -2.42. The maximum absolute atomic E-state index is 12.5. The Bertz CT molecular complexity index is 614. The first kappa shape index (κ1) is 19.0. The van der Waals surface area contributed by atoms with E-state index in [1.807, 2.05) is 9.80 Å².